The van der Waals surface area contributed by atoms with Gasteiger partial charge in [-0.15, -0.1) is 6.42 Å². The van der Waals surface area contributed by atoms with Crippen LogP contribution in [0.2, 0.25) is 0 Å². The zero-order valence-electron chi connectivity index (χ0n) is 18.5. The van der Waals surface area contributed by atoms with Gasteiger partial charge in [0, 0.05) is 36.8 Å². The standard InChI is InChI=1S/C25H29N3O3/c1-6-18-8-7-9-21(16-18)27-22(29)17-28(5)23(30)14-15-26-24(31)19-10-12-20(13-11-19)25(2,3)4/h1,7-13,16H,14-15,17H2,2-5H3,(H,26,31)(H,27,29). The van der Waals surface area contributed by atoms with Gasteiger partial charge in [0.25, 0.3) is 5.91 Å². The fraction of sp³-hybridized carbons (Fsp3) is 0.320. The Hall–Kier alpha value is -3.59. The lowest BCUT2D eigenvalue weighted by atomic mass is 9.87. The summed E-state index contributed by atoms with van der Waals surface area (Å²) in [6, 6.07) is 14.4. The Morgan fingerprint density at radius 2 is 1.74 bits per heavy atom. The summed E-state index contributed by atoms with van der Waals surface area (Å²) in [5, 5.41) is 5.46. The maximum Gasteiger partial charge on any atom is 0.251 e. The van der Waals surface area contributed by atoms with E-state index in [4.69, 9.17) is 6.42 Å². The third kappa shape index (κ3) is 7.31. The highest BCUT2D eigenvalue weighted by molar-refractivity contribution is 5.95. The average Bonchev–Trinajstić information content (AvgIpc) is 2.73. The Bertz CT molecular complexity index is 982. The molecule has 0 fully saturated rings. The van der Waals surface area contributed by atoms with Gasteiger partial charge in [-0.25, -0.2) is 0 Å². The van der Waals surface area contributed by atoms with Crippen molar-refractivity contribution in [1.29, 1.82) is 0 Å². The van der Waals surface area contributed by atoms with Gasteiger partial charge in [-0.3, -0.25) is 14.4 Å². The van der Waals surface area contributed by atoms with Crippen LogP contribution in [0.15, 0.2) is 48.5 Å². The number of nitrogens with zero attached hydrogens (tertiary/aromatic N) is 1. The lowest BCUT2D eigenvalue weighted by Gasteiger charge is -2.19. The van der Waals surface area contributed by atoms with Gasteiger partial charge >= 0.3 is 0 Å². The zero-order chi connectivity index (χ0) is 23.0. The van der Waals surface area contributed by atoms with Crippen LogP contribution in [0.3, 0.4) is 0 Å². The van der Waals surface area contributed by atoms with Crippen molar-refractivity contribution < 1.29 is 14.4 Å². The Kier molecular flexibility index (Phi) is 7.98. The van der Waals surface area contributed by atoms with Gasteiger partial charge < -0.3 is 15.5 Å². The Balaban J connectivity index is 1.77. The molecule has 2 aromatic carbocycles. The molecule has 0 spiro atoms. The van der Waals surface area contributed by atoms with E-state index in [1.807, 2.05) is 12.1 Å². The molecule has 0 aliphatic heterocycles. The summed E-state index contributed by atoms with van der Waals surface area (Å²) in [6.45, 7) is 6.42. The van der Waals surface area contributed by atoms with E-state index in [0.717, 1.165) is 5.56 Å². The van der Waals surface area contributed by atoms with Gasteiger partial charge in [0.15, 0.2) is 0 Å². The molecule has 31 heavy (non-hydrogen) atoms. The van der Waals surface area contributed by atoms with E-state index >= 15 is 0 Å². The summed E-state index contributed by atoms with van der Waals surface area (Å²) in [7, 11) is 1.55. The second-order valence-electron chi connectivity index (χ2n) is 8.36. The quantitative estimate of drug-likeness (QED) is 0.677. The first kappa shape index (κ1) is 23.7. The number of carbonyl (C=O) groups excluding carboxylic acids is 3. The SMILES string of the molecule is C#Cc1cccc(NC(=O)CN(C)C(=O)CCNC(=O)c2ccc(C(C)(C)C)cc2)c1. The van der Waals surface area contributed by atoms with Crippen LogP contribution in [0.1, 0.15) is 48.7 Å². The van der Waals surface area contributed by atoms with Gasteiger partial charge in [0.1, 0.15) is 0 Å². The molecule has 2 rings (SSSR count). The van der Waals surface area contributed by atoms with Gasteiger partial charge in [0.2, 0.25) is 11.8 Å². The topological polar surface area (TPSA) is 78.5 Å². The highest BCUT2D eigenvalue weighted by Crippen LogP contribution is 2.22. The maximum absolute atomic E-state index is 12.3. The molecule has 0 unspecified atom stereocenters. The third-order valence-electron chi connectivity index (χ3n) is 4.76. The van der Waals surface area contributed by atoms with Crippen LogP contribution < -0.4 is 10.6 Å². The summed E-state index contributed by atoms with van der Waals surface area (Å²) in [5.74, 6) is 1.70. The molecule has 0 aromatic heterocycles. The molecule has 0 aliphatic rings. The highest BCUT2D eigenvalue weighted by atomic mass is 16.2. The number of hydrogen-bond acceptors (Lipinski definition) is 3. The average molecular weight is 420 g/mol. The normalized spacial score (nSPS) is 10.7. The molecular formula is C25H29N3O3. The third-order valence-corrected chi connectivity index (χ3v) is 4.76. The Morgan fingerprint density at radius 1 is 1.06 bits per heavy atom. The summed E-state index contributed by atoms with van der Waals surface area (Å²) in [5.41, 5.74) is 2.94. The van der Waals surface area contributed by atoms with Crippen LogP contribution in [0, 0.1) is 12.3 Å². The van der Waals surface area contributed by atoms with Crippen molar-refractivity contribution >= 4 is 23.4 Å². The molecule has 0 radical (unpaired) electrons. The van der Waals surface area contributed by atoms with Gasteiger partial charge in [-0.05, 0) is 41.3 Å². The van der Waals surface area contributed by atoms with Crippen LogP contribution in [-0.2, 0) is 15.0 Å². The Morgan fingerprint density at radius 3 is 2.35 bits per heavy atom. The van der Waals surface area contributed by atoms with Crippen molar-refractivity contribution in [3.8, 4) is 12.3 Å². The number of hydrogen-bond donors (Lipinski definition) is 2. The van der Waals surface area contributed by atoms with Crippen molar-refractivity contribution in [2.75, 3.05) is 25.5 Å². The van der Waals surface area contributed by atoms with Crippen molar-refractivity contribution in [2.24, 2.45) is 0 Å². The zero-order valence-corrected chi connectivity index (χ0v) is 18.5. The molecule has 0 saturated heterocycles. The summed E-state index contributed by atoms with van der Waals surface area (Å²) < 4.78 is 0. The molecule has 6 heteroatoms. The largest absolute Gasteiger partial charge is 0.352 e. The monoisotopic (exact) mass is 419 g/mol. The molecule has 162 valence electrons. The lowest BCUT2D eigenvalue weighted by molar-refractivity contribution is -0.133. The fourth-order valence-electron chi connectivity index (χ4n) is 2.89. The highest BCUT2D eigenvalue weighted by Gasteiger charge is 2.16. The Labute approximate surface area is 184 Å². The van der Waals surface area contributed by atoms with E-state index in [0.29, 0.717) is 16.8 Å². The molecule has 2 N–H and O–H groups in total. The lowest BCUT2D eigenvalue weighted by Crippen LogP contribution is -2.37. The van der Waals surface area contributed by atoms with Crippen molar-refractivity contribution in [2.45, 2.75) is 32.6 Å². The molecule has 0 heterocycles. The summed E-state index contributed by atoms with van der Waals surface area (Å²) in [6.07, 6.45) is 5.45. The number of carbonyl (C=O) groups is 3. The van der Waals surface area contributed by atoms with Gasteiger partial charge in [0.05, 0.1) is 6.54 Å². The van der Waals surface area contributed by atoms with Crippen molar-refractivity contribution in [3.63, 3.8) is 0 Å². The van der Waals surface area contributed by atoms with Crippen LogP contribution >= 0.6 is 0 Å². The summed E-state index contributed by atoms with van der Waals surface area (Å²) >= 11 is 0. The van der Waals surface area contributed by atoms with Crippen molar-refractivity contribution in [1.82, 2.24) is 10.2 Å². The number of likely N-dealkylation sites (N-methyl/N-ethyl adjacent to an activating group) is 1. The van der Waals surface area contributed by atoms with E-state index < -0.39 is 0 Å². The number of terminal acetylenes is 1. The number of amides is 3. The molecule has 6 nitrogen and oxygen atoms in total. The van der Waals surface area contributed by atoms with E-state index in [9.17, 15) is 14.4 Å². The maximum atomic E-state index is 12.3. The number of rotatable bonds is 7. The van der Waals surface area contributed by atoms with Gasteiger partial charge in [-0.2, -0.15) is 0 Å². The van der Waals surface area contributed by atoms with Crippen LogP contribution in [-0.4, -0.2) is 42.8 Å². The molecule has 3 amide bonds. The molecular weight excluding hydrogens is 390 g/mol. The number of anilines is 1. The fourth-order valence-corrected chi connectivity index (χ4v) is 2.89. The molecule has 2 aromatic rings. The molecule has 0 saturated carbocycles. The first-order chi connectivity index (χ1) is 14.6. The first-order valence-electron chi connectivity index (χ1n) is 10.1. The predicted molar refractivity (Wildman–Crippen MR) is 123 cm³/mol. The minimum atomic E-state index is -0.326. The molecule has 0 aliphatic carbocycles. The minimum absolute atomic E-state index is 0.0163. The second-order valence-corrected chi connectivity index (χ2v) is 8.36. The van der Waals surface area contributed by atoms with Crippen molar-refractivity contribution in [3.05, 3.63) is 65.2 Å². The van der Waals surface area contributed by atoms with Crippen LogP contribution in [0.25, 0.3) is 0 Å². The second kappa shape index (κ2) is 10.4. The smallest absolute Gasteiger partial charge is 0.251 e. The van der Waals surface area contributed by atoms with E-state index in [1.165, 1.54) is 4.90 Å². The molecule has 0 bridgehead atoms. The minimum Gasteiger partial charge on any atom is -0.352 e. The van der Waals surface area contributed by atoms with Crippen LogP contribution in [0.5, 0.6) is 0 Å². The summed E-state index contributed by atoms with van der Waals surface area (Å²) in [4.78, 5) is 38.0. The number of nitrogens with one attached hydrogen (secondary N) is 2. The van der Waals surface area contributed by atoms with Crippen LogP contribution in [0.4, 0.5) is 5.69 Å². The predicted octanol–water partition coefficient (Wildman–Crippen LogP) is 3.18. The van der Waals surface area contributed by atoms with E-state index in [2.05, 4.69) is 37.3 Å². The number of benzene rings is 2. The van der Waals surface area contributed by atoms with E-state index in [1.54, 1.807) is 43.4 Å². The first-order valence-corrected chi connectivity index (χ1v) is 10.1. The molecule has 0 atom stereocenters. The van der Waals surface area contributed by atoms with E-state index in [-0.39, 0.29) is 42.6 Å². The van der Waals surface area contributed by atoms with Gasteiger partial charge in [-0.1, -0.05) is 44.9 Å².